The minimum atomic E-state index is -0.969. The second kappa shape index (κ2) is 5.65. The zero-order chi connectivity index (χ0) is 15.0. The van der Waals surface area contributed by atoms with Crippen molar-refractivity contribution in [2.75, 3.05) is 26.3 Å². The van der Waals surface area contributed by atoms with Crippen molar-refractivity contribution in [2.24, 2.45) is 0 Å². The molecule has 1 saturated heterocycles. The molecular formula is C14H18N2O4S. The Balaban J connectivity index is 1.87. The smallest absolute Gasteiger partial charge is 0.331 e. The largest absolute Gasteiger partial charge is 0.479 e. The summed E-state index contributed by atoms with van der Waals surface area (Å²) in [7, 11) is 0. The van der Waals surface area contributed by atoms with Crippen LogP contribution in [0.25, 0.3) is 0 Å². The number of amides is 2. The molecule has 1 fully saturated rings. The maximum atomic E-state index is 12.7. The fourth-order valence-corrected chi connectivity index (χ4v) is 3.87. The number of nitrogens with zero attached hydrogens (tertiary/aromatic N) is 2. The first-order valence-electron chi connectivity index (χ1n) is 7.03. The Hall–Kier alpha value is -1.60. The molecule has 0 radical (unpaired) electrons. The fourth-order valence-electron chi connectivity index (χ4n) is 2.97. The van der Waals surface area contributed by atoms with Gasteiger partial charge in [-0.3, -0.25) is 0 Å². The van der Waals surface area contributed by atoms with Crippen molar-refractivity contribution >= 4 is 23.3 Å². The van der Waals surface area contributed by atoms with E-state index in [1.54, 1.807) is 16.2 Å². The van der Waals surface area contributed by atoms with Crippen molar-refractivity contribution in [3.05, 3.63) is 21.9 Å². The number of fused-ring (bicyclic) bond motifs is 1. The number of hydrogen-bond donors (Lipinski definition) is 1. The molecule has 21 heavy (non-hydrogen) atoms. The molecule has 0 bridgehead atoms. The summed E-state index contributed by atoms with van der Waals surface area (Å²) in [5, 5.41) is 11.4. The maximum Gasteiger partial charge on any atom is 0.331 e. The van der Waals surface area contributed by atoms with Gasteiger partial charge in [0, 0.05) is 18.0 Å². The third-order valence-corrected chi connectivity index (χ3v) is 5.06. The Morgan fingerprint density at radius 2 is 2.19 bits per heavy atom. The quantitative estimate of drug-likeness (QED) is 0.855. The summed E-state index contributed by atoms with van der Waals surface area (Å²) in [6, 6.07) is 0.725. The van der Waals surface area contributed by atoms with Gasteiger partial charge in [-0.25, -0.2) is 9.59 Å². The first kappa shape index (κ1) is 14.3. The van der Waals surface area contributed by atoms with Crippen LogP contribution in [0.15, 0.2) is 11.4 Å². The van der Waals surface area contributed by atoms with Gasteiger partial charge in [0.05, 0.1) is 19.3 Å². The number of thiophene rings is 1. The van der Waals surface area contributed by atoms with Crippen LogP contribution in [0.2, 0.25) is 0 Å². The molecule has 2 atom stereocenters. The molecule has 114 valence electrons. The van der Waals surface area contributed by atoms with Gasteiger partial charge in [0.15, 0.2) is 6.04 Å². The molecule has 0 aliphatic carbocycles. The van der Waals surface area contributed by atoms with Crippen LogP contribution in [0.1, 0.15) is 23.4 Å². The normalized spacial score (nSPS) is 25.6. The Morgan fingerprint density at radius 3 is 2.90 bits per heavy atom. The number of carbonyl (C=O) groups excluding carboxylic acids is 1. The van der Waals surface area contributed by atoms with Crippen LogP contribution in [0.3, 0.4) is 0 Å². The van der Waals surface area contributed by atoms with Gasteiger partial charge in [0.1, 0.15) is 0 Å². The second-order valence-corrected chi connectivity index (χ2v) is 6.38. The number of carboxylic acid groups (broad SMARTS) is 1. The molecule has 1 aromatic rings. The van der Waals surface area contributed by atoms with Crippen LogP contribution in [-0.4, -0.2) is 59.3 Å². The first-order chi connectivity index (χ1) is 10.1. The Labute approximate surface area is 126 Å². The molecule has 1 N–H and O–H groups in total. The molecule has 2 amide bonds. The van der Waals surface area contributed by atoms with E-state index in [-0.39, 0.29) is 12.1 Å². The maximum absolute atomic E-state index is 12.7. The average Bonchev–Trinajstić information content (AvgIpc) is 2.94. The monoisotopic (exact) mass is 310 g/mol. The van der Waals surface area contributed by atoms with E-state index in [2.05, 4.69) is 0 Å². The Morgan fingerprint density at radius 1 is 1.38 bits per heavy atom. The van der Waals surface area contributed by atoms with Crippen molar-refractivity contribution in [3.63, 3.8) is 0 Å². The predicted octanol–water partition coefficient (Wildman–Crippen LogP) is 1.57. The van der Waals surface area contributed by atoms with Crippen LogP contribution in [0, 0.1) is 0 Å². The van der Waals surface area contributed by atoms with Crippen molar-refractivity contribution in [1.82, 2.24) is 9.80 Å². The number of carbonyl (C=O) groups is 2. The molecule has 2 aliphatic rings. The van der Waals surface area contributed by atoms with E-state index in [0.29, 0.717) is 26.3 Å². The van der Waals surface area contributed by atoms with E-state index in [4.69, 9.17) is 4.74 Å². The summed E-state index contributed by atoms with van der Waals surface area (Å²) in [5.41, 5.74) is 0.757. The molecule has 2 unspecified atom stereocenters. The van der Waals surface area contributed by atoms with Crippen LogP contribution < -0.4 is 0 Å². The average molecular weight is 310 g/mol. The Kier molecular flexibility index (Phi) is 3.86. The molecule has 0 saturated carbocycles. The lowest BCUT2D eigenvalue weighted by molar-refractivity contribution is -0.143. The van der Waals surface area contributed by atoms with Crippen LogP contribution in [-0.2, 0) is 16.0 Å². The summed E-state index contributed by atoms with van der Waals surface area (Å²) in [4.78, 5) is 28.7. The molecule has 7 heteroatoms. The van der Waals surface area contributed by atoms with Gasteiger partial charge >= 0.3 is 12.0 Å². The minimum Gasteiger partial charge on any atom is -0.479 e. The van der Waals surface area contributed by atoms with Gasteiger partial charge in [0.25, 0.3) is 0 Å². The molecule has 1 aromatic heterocycles. The lowest BCUT2D eigenvalue weighted by atomic mass is 10.0. The van der Waals surface area contributed by atoms with Crippen molar-refractivity contribution < 1.29 is 19.4 Å². The third kappa shape index (κ3) is 2.51. The minimum absolute atomic E-state index is 0.0235. The lowest BCUT2D eigenvalue weighted by Crippen LogP contribution is -2.55. The highest BCUT2D eigenvalue weighted by molar-refractivity contribution is 7.10. The highest BCUT2D eigenvalue weighted by Gasteiger charge is 2.39. The standard InChI is InChI=1S/C14H18N2O4S/c1-9-8-20-6-5-15(9)14(19)16-4-2-11-10(3-7-21-11)12(16)13(17)18/h3,7,9,12H,2,4-6,8H2,1H3,(H,17,18). The summed E-state index contributed by atoms with van der Waals surface area (Å²) in [6.07, 6.45) is 0.723. The van der Waals surface area contributed by atoms with Crippen molar-refractivity contribution in [1.29, 1.82) is 0 Å². The number of hydrogen-bond acceptors (Lipinski definition) is 4. The summed E-state index contributed by atoms with van der Waals surface area (Å²) in [5.74, 6) is -0.969. The van der Waals surface area contributed by atoms with E-state index >= 15 is 0 Å². The zero-order valence-corrected chi connectivity index (χ0v) is 12.6. The van der Waals surface area contributed by atoms with E-state index in [9.17, 15) is 14.7 Å². The van der Waals surface area contributed by atoms with Crippen LogP contribution >= 0.6 is 11.3 Å². The summed E-state index contributed by atoms with van der Waals surface area (Å²) >= 11 is 1.56. The molecular weight excluding hydrogens is 292 g/mol. The SMILES string of the molecule is CC1COCCN1C(=O)N1CCc2sccc2C1C(=O)O. The Bertz CT molecular complexity index is 559. The topological polar surface area (TPSA) is 70.1 Å². The van der Waals surface area contributed by atoms with Gasteiger partial charge in [-0.1, -0.05) is 0 Å². The fraction of sp³-hybridized carbons (Fsp3) is 0.571. The number of morpholine rings is 1. The molecule has 2 aliphatic heterocycles. The highest BCUT2D eigenvalue weighted by Crippen LogP contribution is 2.34. The van der Waals surface area contributed by atoms with Crippen molar-refractivity contribution in [2.45, 2.75) is 25.4 Å². The number of rotatable bonds is 1. The number of carboxylic acids is 1. The second-order valence-electron chi connectivity index (χ2n) is 5.38. The number of urea groups is 1. The highest BCUT2D eigenvalue weighted by atomic mass is 32.1. The predicted molar refractivity (Wildman–Crippen MR) is 77.5 cm³/mol. The van der Waals surface area contributed by atoms with Crippen LogP contribution in [0.5, 0.6) is 0 Å². The number of aliphatic carboxylic acids is 1. The zero-order valence-electron chi connectivity index (χ0n) is 11.8. The van der Waals surface area contributed by atoms with Gasteiger partial charge in [0.2, 0.25) is 0 Å². The van der Waals surface area contributed by atoms with Gasteiger partial charge < -0.3 is 19.6 Å². The summed E-state index contributed by atoms with van der Waals surface area (Å²) in [6.45, 7) is 3.89. The van der Waals surface area contributed by atoms with E-state index in [0.717, 1.165) is 16.9 Å². The molecule has 6 nitrogen and oxygen atoms in total. The van der Waals surface area contributed by atoms with E-state index < -0.39 is 12.0 Å². The lowest BCUT2D eigenvalue weighted by Gasteiger charge is -2.40. The third-order valence-electron chi connectivity index (χ3n) is 4.06. The van der Waals surface area contributed by atoms with E-state index in [1.165, 1.54) is 4.90 Å². The van der Waals surface area contributed by atoms with Gasteiger partial charge in [-0.2, -0.15) is 0 Å². The molecule has 0 aromatic carbocycles. The van der Waals surface area contributed by atoms with E-state index in [1.807, 2.05) is 18.4 Å². The molecule has 3 rings (SSSR count). The number of ether oxygens (including phenoxy) is 1. The molecule has 3 heterocycles. The van der Waals surface area contributed by atoms with Gasteiger partial charge in [-0.15, -0.1) is 11.3 Å². The molecule has 0 spiro atoms. The summed E-state index contributed by atoms with van der Waals surface area (Å²) < 4.78 is 5.34. The van der Waals surface area contributed by atoms with Gasteiger partial charge in [-0.05, 0) is 30.4 Å². The van der Waals surface area contributed by atoms with Crippen molar-refractivity contribution in [3.8, 4) is 0 Å². The first-order valence-corrected chi connectivity index (χ1v) is 7.91. The van der Waals surface area contributed by atoms with Crippen LogP contribution in [0.4, 0.5) is 4.79 Å².